The molecule has 0 aromatic heterocycles. The molecule has 1 amide bonds. The van der Waals surface area contributed by atoms with Gasteiger partial charge in [-0.15, -0.1) is 0 Å². The summed E-state index contributed by atoms with van der Waals surface area (Å²) in [5.74, 6) is 0.906. The Morgan fingerprint density at radius 2 is 1.66 bits per heavy atom. The first kappa shape index (κ1) is 24.2. The van der Waals surface area contributed by atoms with E-state index in [1.54, 1.807) is 0 Å². The molecule has 0 N–H and O–H groups in total. The third-order valence-electron chi connectivity index (χ3n) is 7.27. The fraction of sp³-hybridized carbons (Fsp3) is 0.250. The van der Waals surface area contributed by atoms with Crippen LogP contribution in [0.1, 0.15) is 40.9 Å². The number of nitrogens with zero attached hydrogens (tertiary/aromatic N) is 3. The standard InChI is InChI=1S/C32H31N3O3/c1-2-38-27-16-12-24(13-17-27)30-22-31(29-9-5-7-23-6-3-4-8-28(23)29)35(33-30)26-14-10-25(11-15-26)32(36)34-18-20-37-21-19-34/h3-17,31H,2,18-22H2,1H3. The van der Waals surface area contributed by atoms with Crippen molar-refractivity contribution < 1.29 is 14.3 Å². The topological polar surface area (TPSA) is 54.4 Å². The van der Waals surface area contributed by atoms with Crippen molar-refractivity contribution in [2.45, 2.75) is 19.4 Å². The van der Waals surface area contributed by atoms with Crippen LogP contribution in [0.4, 0.5) is 5.69 Å². The van der Waals surface area contributed by atoms with E-state index in [1.165, 1.54) is 16.3 Å². The number of hydrogen-bond acceptors (Lipinski definition) is 5. The number of fused-ring (bicyclic) bond motifs is 1. The first-order chi connectivity index (χ1) is 18.7. The predicted octanol–water partition coefficient (Wildman–Crippen LogP) is 6.07. The molecule has 1 unspecified atom stereocenters. The Hall–Kier alpha value is -4.16. The number of hydrogen-bond donors (Lipinski definition) is 0. The third-order valence-corrected chi connectivity index (χ3v) is 7.27. The van der Waals surface area contributed by atoms with Gasteiger partial charge in [0.15, 0.2) is 0 Å². The minimum atomic E-state index is 0.0310. The zero-order chi connectivity index (χ0) is 25.9. The van der Waals surface area contributed by atoms with Crippen LogP contribution in [0.3, 0.4) is 0 Å². The number of hydrazone groups is 1. The molecule has 0 spiro atoms. The van der Waals surface area contributed by atoms with Gasteiger partial charge in [-0.1, -0.05) is 42.5 Å². The van der Waals surface area contributed by atoms with E-state index in [0.717, 1.165) is 29.1 Å². The summed E-state index contributed by atoms with van der Waals surface area (Å²) in [6.07, 6.45) is 0.774. The highest BCUT2D eigenvalue weighted by Gasteiger charge is 2.31. The molecule has 6 heteroatoms. The van der Waals surface area contributed by atoms with Crippen LogP contribution in [0.5, 0.6) is 5.75 Å². The van der Waals surface area contributed by atoms with Gasteiger partial charge in [0, 0.05) is 25.1 Å². The van der Waals surface area contributed by atoms with E-state index in [-0.39, 0.29) is 11.9 Å². The van der Waals surface area contributed by atoms with Crippen molar-refractivity contribution in [2.75, 3.05) is 37.9 Å². The molecule has 6 rings (SSSR count). The Balaban J connectivity index is 1.35. The van der Waals surface area contributed by atoms with Gasteiger partial charge < -0.3 is 14.4 Å². The second-order valence-electron chi connectivity index (χ2n) is 9.59. The fourth-order valence-corrected chi connectivity index (χ4v) is 5.32. The van der Waals surface area contributed by atoms with E-state index < -0.39 is 0 Å². The summed E-state index contributed by atoms with van der Waals surface area (Å²) in [7, 11) is 0. The molecule has 2 aliphatic heterocycles. The van der Waals surface area contributed by atoms with Gasteiger partial charge in [0.25, 0.3) is 5.91 Å². The molecule has 2 heterocycles. The quantitative estimate of drug-likeness (QED) is 0.319. The predicted molar refractivity (Wildman–Crippen MR) is 151 cm³/mol. The molecule has 192 valence electrons. The maximum Gasteiger partial charge on any atom is 0.254 e. The monoisotopic (exact) mass is 505 g/mol. The van der Waals surface area contributed by atoms with Crippen LogP contribution in [0.25, 0.3) is 10.8 Å². The maximum absolute atomic E-state index is 13.0. The highest BCUT2D eigenvalue weighted by molar-refractivity contribution is 6.04. The molecule has 0 bridgehead atoms. The van der Waals surface area contributed by atoms with Gasteiger partial charge in [0.1, 0.15) is 5.75 Å². The number of carbonyl (C=O) groups is 1. The van der Waals surface area contributed by atoms with Gasteiger partial charge in [-0.2, -0.15) is 5.10 Å². The molecule has 4 aromatic rings. The lowest BCUT2D eigenvalue weighted by Crippen LogP contribution is -2.40. The number of benzene rings is 4. The first-order valence-electron chi connectivity index (χ1n) is 13.3. The van der Waals surface area contributed by atoms with Crippen molar-refractivity contribution in [1.82, 2.24) is 4.90 Å². The number of ether oxygens (including phenoxy) is 2. The largest absolute Gasteiger partial charge is 0.494 e. The Morgan fingerprint density at radius 3 is 2.42 bits per heavy atom. The smallest absolute Gasteiger partial charge is 0.254 e. The number of morpholine rings is 1. The molecule has 0 saturated carbocycles. The van der Waals surface area contributed by atoms with Crippen molar-refractivity contribution >= 4 is 28.1 Å². The summed E-state index contributed by atoms with van der Waals surface area (Å²) in [4.78, 5) is 14.9. The van der Waals surface area contributed by atoms with E-state index in [1.807, 2.05) is 48.2 Å². The lowest BCUT2D eigenvalue weighted by atomic mass is 9.94. The van der Waals surface area contributed by atoms with Gasteiger partial charge in [0.05, 0.1) is 37.3 Å². The molecule has 4 aromatic carbocycles. The highest BCUT2D eigenvalue weighted by atomic mass is 16.5. The van der Waals surface area contributed by atoms with E-state index >= 15 is 0 Å². The molecule has 2 aliphatic rings. The summed E-state index contributed by atoms with van der Waals surface area (Å²) in [5.41, 5.74) is 5.00. The van der Waals surface area contributed by atoms with Gasteiger partial charge >= 0.3 is 0 Å². The van der Waals surface area contributed by atoms with Gasteiger partial charge in [-0.3, -0.25) is 9.80 Å². The van der Waals surface area contributed by atoms with Gasteiger partial charge in [-0.25, -0.2) is 0 Å². The summed E-state index contributed by atoms with van der Waals surface area (Å²) < 4.78 is 11.0. The Morgan fingerprint density at radius 1 is 0.921 bits per heavy atom. The van der Waals surface area contributed by atoms with Crippen molar-refractivity contribution in [3.8, 4) is 5.75 Å². The molecule has 6 nitrogen and oxygen atoms in total. The highest BCUT2D eigenvalue weighted by Crippen LogP contribution is 2.39. The zero-order valence-electron chi connectivity index (χ0n) is 21.5. The van der Waals surface area contributed by atoms with Crippen molar-refractivity contribution in [3.63, 3.8) is 0 Å². The molecule has 1 atom stereocenters. The van der Waals surface area contributed by atoms with Gasteiger partial charge in [-0.05, 0) is 77.4 Å². The fourth-order valence-electron chi connectivity index (χ4n) is 5.32. The average Bonchev–Trinajstić information content (AvgIpc) is 3.43. The number of anilines is 1. The molecule has 0 radical (unpaired) electrons. The van der Waals surface area contributed by atoms with Crippen LogP contribution in [-0.4, -0.2) is 49.4 Å². The minimum Gasteiger partial charge on any atom is -0.494 e. The van der Waals surface area contributed by atoms with Crippen LogP contribution in [-0.2, 0) is 4.74 Å². The minimum absolute atomic E-state index is 0.0310. The van der Waals surface area contributed by atoms with Crippen LogP contribution in [0.2, 0.25) is 0 Å². The van der Waals surface area contributed by atoms with Crippen molar-refractivity contribution in [1.29, 1.82) is 0 Å². The van der Waals surface area contributed by atoms with E-state index in [9.17, 15) is 4.79 Å². The SMILES string of the molecule is CCOc1ccc(C2=NN(c3ccc(C(=O)N4CCOCC4)cc3)C(c3cccc4ccccc34)C2)cc1. The van der Waals surface area contributed by atoms with E-state index in [2.05, 4.69) is 59.6 Å². The normalized spacial score (nSPS) is 17.5. The Kier molecular flexibility index (Phi) is 6.80. The van der Waals surface area contributed by atoms with E-state index in [4.69, 9.17) is 14.6 Å². The third kappa shape index (κ3) is 4.75. The molecular formula is C32H31N3O3. The maximum atomic E-state index is 13.0. The number of carbonyl (C=O) groups excluding carboxylic acids is 1. The van der Waals surface area contributed by atoms with Crippen LogP contribution in [0, 0.1) is 0 Å². The molecule has 1 saturated heterocycles. The first-order valence-corrected chi connectivity index (χ1v) is 13.3. The van der Waals surface area contributed by atoms with Crippen LogP contribution < -0.4 is 9.75 Å². The number of rotatable bonds is 6. The summed E-state index contributed by atoms with van der Waals surface area (Å²) in [6.45, 7) is 5.07. The summed E-state index contributed by atoms with van der Waals surface area (Å²) >= 11 is 0. The van der Waals surface area contributed by atoms with Crippen molar-refractivity contribution in [2.24, 2.45) is 5.10 Å². The molecular weight excluding hydrogens is 474 g/mol. The second-order valence-corrected chi connectivity index (χ2v) is 9.59. The summed E-state index contributed by atoms with van der Waals surface area (Å²) in [5, 5.41) is 9.68. The Bertz CT molecular complexity index is 1450. The average molecular weight is 506 g/mol. The molecule has 38 heavy (non-hydrogen) atoms. The van der Waals surface area contributed by atoms with Crippen molar-refractivity contribution in [3.05, 3.63) is 108 Å². The lowest BCUT2D eigenvalue weighted by Gasteiger charge is -2.27. The van der Waals surface area contributed by atoms with Crippen LogP contribution >= 0.6 is 0 Å². The zero-order valence-corrected chi connectivity index (χ0v) is 21.5. The van der Waals surface area contributed by atoms with Gasteiger partial charge in [0.2, 0.25) is 0 Å². The summed E-state index contributed by atoms with van der Waals surface area (Å²) in [6, 6.07) is 31.0. The lowest BCUT2D eigenvalue weighted by molar-refractivity contribution is 0.0303. The van der Waals surface area contributed by atoms with Crippen LogP contribution in [0.15, 0.2) is 96.1 Å². The molecule has 1 fully saturated rings. The van der Waals surface area contributed by atoms with E-state index in [0.29, 0.717) is 38.5 Å². The molecule has 0 aliphatic carbocycles. The second kappa shape index (κ2) is 10.7. The number of amides is 1. The Labute approximate surface area is 223 Å².